The first-order valence-electron chi connectivity index (χ1n) is 11.5. The third kappa shape index (κ3) is 5.35. The molecule has 0 saturated carbocycles. The Kier molecular flexibility index (Phi) is 7.45. The second-order valence-electron chi connectivity index (χ2n) is 8.26. The molecule has 2 aromatic heterocycles. The number of nitrogens with one attached hydrogen (secondary N) is 1. The minimum atomic E-state index is -0.496. The van der Waals surface area contributed by atoms with Crippen LogP contribution in [0.5, 0.6) is 11.5 Å². The van der Waals surface area contributed by atoms with Crippen LogP contribution in [0.25, 0.3) is 10.9 Å². The molecule has 1 aliphatic heterocycles. The average molecular weight is 526 g/mol. The third-order valence-electron chi connectivity index (χ3n) is 5.94. The Morgan fingerprint density at radius 3 is 2.92 bits per heavy atom. The predicted octanol–water partition coefficient (Wildman–Crippen LogP) is 4.42. The van der Waals surface area contributed by atoms with E-state index < -0.39 is 6.61 Å². The predicted molar refractivity (Wildman–Crippen MR) is 138 cm³/mol. The number of aliphatic hydroxyl groups is 1. The van der Waals surface area contributed by atoms with Crippen molar-refractivity contribution in [3.05, 3.63) is 64.3 Å². The maximum atomic E-state index is 12.0. The molecule has 9 nitrogen and oxygen atoms in total. The molecular formula is C25H24ClN5O4S. The molecule has 3 heterocycles. The number of hydrogen-bond acceptors (Lipinski definition) is 9. The minimum Gasteiger partial charge on any atom is -0.491 e. The number of aliphatic hydroxyl groups excluding tert-OH is 1. The van der Waals surface area contributed by atoms with Crippen molar-refractivity contribution in [1.82, 2.24) is 19.9 Å². The Labute approximate surface area is 216 Å². The molecule has 4 aromatic rings. The van der Waals surface area contributed by atoms with Crippen LogP contribution < -0.4 is 14.8 Å². The van der Waals surface area contributed by atoms with Gasteiger partial charge >= 0.3 is 0 Å². The van der Waals surface area contributed by atoms with Crippen LogP contribution in [0.1, 0.15) is 18.5 Å². The lowest BCUT2D eigenvalue weighted by atomic mass is 10.2. The van der Waals surface area contributed by atoms with Crippen LogP contribution in [-0.4, -0.2) is 56.7 Å². The zero-order valence-electron chi connectivity index (χ0n) is 19.3. The van der Waals surface area contributed by atoms with Gasteiger partial charge in [-0.2, -0.15) is 0 Å². The van der Waals surface area contributed by atoms with Crippen molar-refractivity contribution in [2.24, 2.45) is 0 Å². The van der Waals surface area contributed by atoms with Crippen molar-refractivity contribution < 1.29 is 19.4 Å². The molecule has 5 rings (SSSR count). The number of benzene rings is 2. The average Bonchev–Trinajstić information content (AvgIpc) is 3.59. The van der Waals surface area contributed by atoms with Crippen LogP contribution in [0.4, 0.5) is 11.5 Å². The highest BCUT2D eigenvalue weighted by atomic mass is 35.5. The topological polar surface area (TPSA) is 110 Å². The summed E-state index contributed by atoms with van der Waals surface area (Å²) in [6.07, 6.45) is 3.20. The van der Waals surface area contributed by atoms with E-state index in [4.69, 9.17) is 21.1 Å². The van der Waals surface area contributed by atoms with Crippen molar-refractivity contribution in [2.45, 2.75) is 25.5 Å². The fraction of sp³-hybridized carbons (Fsp3) is 0.280. The summed E-state index contributed by atoms with van der Waals surface area (Å²) >= 11 is 7.98. The SMILES string of the molecule is O=C(CO)N1CCCC1COc1cccc2ncnc(Nc3ccc(OCc4cscn4)c(Cl)c3)c12. The molecule has 2 N–H and O–H groups in total. The Morgan fingerprint density at radius 1 is 1.19 bits per heavy atom. The molecule has 1 atom stereocenters. The van der Waals surface area contributed by atoms with Crippen LogP contribution >= 0.6 is 22.9 Å². The fourth-order valence-corrected chi connectivity index (χ4v) is 4.98. The van der Waals surface area contributed by atoms with Crippen LogP contribution in [-0.2, 0) is 11.4 Å². The fourth-order valence-electron chi connectivity index (χ4n) is 4.20. The number of likely N-dealkylation sites (tertiary alicyclic amines) is 1. The molecule has 1 saturated heterocycles. The summed E-state index contributed by atoms with van der Waals surface area (Å²) in [5.74, 6) is 1.46. The largest absolute Gasteiger partial charge is 0.491 e. The van der Waals surface area contributed by atoms with Crippen molar-refractivity contribution in [2.75, 3.05) is 25.1 Å². The molecule has 0 spiro atoms. The van der Waals surface area contributed by atoms with Gasteiger partial charge in [-0.05, 0) is 43.2 Å². The summed E-state index contributed by atoms with van der Waals surface area (Å²) in [5, 5.41) is 15.7. The highest BCUT2D eigenvalue weighted by molar-refractivity contribution is 7.07. The number of nitrogens with zero attached hydrogens (tertiary/aromatic N) is 4. The monoisotopic (exact) mass is 525 g/mol. The second kappa shape index (κ2) is 11.1. The standard InChI is InChI=1S/C25H24ClN5O4S/c26-19-9-16(6-7-21(19)34-11-17-13-36-15-29-17)30-25-24-20(27-14-28-25)4-1-5-22(24)35-12-18-3-2-8-31(18)23(33)10-32/h1,4-7,9,13-15,18,32H,2-3,8,10-12H2,(H,27,28,30). The van der Waals surface area contributed by atoms with Gasteiger partial charge < -0.3 is 24.8 Å². The van der Waals surface area contributed by atoms with Gasteiger partial charge in [0.25, 0.3) is 0 Å². The van der Waals surface area contributed by atoms with Crippen LogP contribution in [0.2, 0.25) is 5.02 Å². The molecule has 2 aromatic carbocycles. The first-order chi connectivity index (χ1) is 17.6. The lowest BCUT2D eigenvalue weighted by Gasteiger charge is -2.24. The first-order valence-corrected chi connectivity index (χ1v) is 12.8. The van der Waals surface area contributed by atoms with E-state index in [0.717, 1.165) is 29.6 Å². The number of ether oxygens (including phenoxy) is 2. The number of amides is 1. The molecule has 0 aliphatic carbocycles. The second-order valence-corrected chi connectivity index (χ2v) is 9.39. The van der Waals surface area contributed by atoms with E-state index in [9.17, 15) is 9.90 Å². The zero-order valence-corrected chi connectivity index (χ0v) is 20.8. The summed E-state index contributed by atoms with van der Waals surface area (Å²) in [4.78, 5) is 26.7. The first kappa shape index (κ1) is 24.2. The molecule has 1 amide bonds. The van der Waals surface area contributed by atoms with E-state index in [1.165, 1.54) is 17.7 Å². The van der Waals surface area contributed by atoms with E-state index in [1.54, 1.807) is 22.5 Å². The third-order valence-corrected chi connectivity index (χ3v) is 6.87. The summed E-state index contributed by atoms with van der Waals surface area (Å²) in [6, 6.07) is 10.9. The summed E-state index contributed by atoms with van der Waals surface area (Å²) < 4.78 is 12.0. The van der Waals surface area contributed by atoms with Crippen LogP contribution in [0.3, 0.4) is 0 Å². The Hall–Kier alpha value is -3.47. The summed E-state index contributed by atoms with van der Waals surface area (Å²) in [7, 11) is 0. The van der Waals surface area contributed by atoms with E-state index >= 15 is 0 Å². The summed E-state index contributed by atoms with van der Waals surface area (Å²) in [6.45, 7) is 0.790. The molecule has 1 fully saturated rings. The maximum Gasteiger partial charge on any atom is 0.248 e. The van der Waals surface area contributed by atoms with Gasteiger partial charge in [0.05, 0.1) is 33.2 Å². The van der Waals surface area contributed by atoms with Gasteiger partial charge in [-0.15, -0.1) is 11.3 Å². The van der Waals surface area contributed by atoms with Gasteiger partial charge in [0.15, 0.2) is 0 Å². The van der Waals surface area contributed by atoms with Gasteiger partial charge in [0.1, 0.15) is 43.5 Å². The Balaban J connectivity index is 1.34. The number of anilines is 2. The van der Waals surface area contributed by atoms with Gasteiger partial charge in [-0.1, -0.05) is 17.7 Å². The molecule has 186 valence electrons. The number of halogens is 1. The number of aromatic nitrogens is 3. The molecule has 0 radical (unpaired) electrons. The highest BCUT2D eigenvalue weighted by Crippen LogP contribution is 2.34. The van der Waals surface area contributed by atoms with Crippen LogP contribution in [0, 0.1) is 0 Å². The van der Waals surface area contributed by atoms with Crippen molar-refractivity contribution in [1.29, 1.82) is 0 Å². The lowest BCUT2D eigenvalue weighted by Crippen LogP contribution is -2.40. The zero-order chi connectivity index (χ0) is 24.9. The van der Waals surface area contributed by atoms with Gasteiger partial charge in [0.2, 0.25) is 5.91 Å². The smallest absolute Gasteiger partial charge is 0.248 e. The number of carbonyl (C=O) groups is 1. The minimum absolute atomic E-state index is 0.0865. The quantitative estimate of drug-likeness (QED) is 0.330. The molecular weight excluding hydrogens is 502 g/mol. The Bertz CT molecular complexity index is 1350. The van der Waals surface area contributed by atoms with Gasteiger partial charge in [-0.3, -0.25) is 4.79 Å². The van der Waals surface area contributed by atoms with Crippen molar-refractivity contribution in [3.8, 4) is 11.5 Å². The molecule has 11 heteroatoms. The van der Waals surface area contributed by atoms with Crippen molar-refractivity contribution >= 4 is 51.3 Å². The number of fused-ring (bicyclic) bond motifs is 1. The van der Waals surface area contributed by atoms with Crippen LogP contribution in [0.15, 0.2) is 53.6 Å². The molecule has 1 unspecified atom stereocenters. The van der Waals surface area contributed by atoms with E-state index in [1.807, 2.05) is 29.6 Å². The van der Waals surface area contributed by atoms with Gasteiger partial charge in [-0.25, -0.2) is 15.0 Å². The highest BCUT2D eigenvalue weighted by Gasteiger charge is 2.29. The Morgan fingerprint density at radius 2 is 2.11 bits per heavy atom. The normalized spacial score (nSPS) is 15.3. The van der Waals surface area contributed by atoms with Crippen molar-refractivity contribution in [3.63, 3.8) is 0 Å². The molecule has 0 bridgehead atoms. The number of thiazole rings is 1. The summed E-state index contributed by atoms with van der Waals surface area (Å²) in [5.41, 5.74) is 4.05. The number of carbonyl (C=O) groups excluding carboxylic acids is 1. The lowest BCUT2D eigenvalue weighted by molar-refractivity contribution is -0.135. The number of hydrogen-bond donors (Lipinski definition) is 2. The molecule has 36 heavy (non-hydrogen) atoms. The maximum absolute atomic E-state index is 12.0. The van der Waals surface area contributed by atoms with Gasteiger partial charge in [0, 0.05) is 17.6 Å². The number of rotatable bonds is 9. The molecule has 1 aliphatic rings. The van der Waals surface area contributed by atoms with E-state index in [0.29, 0.717) is 47.6 Å². The van der Waals surface area contributed by atoms with E-state index in [-0.39, 0.29) is 11.9 Å². The van der Waals surface area contributed by atoms with E-state index in [2.05, 4.69) is 20.3 Å².